The van der Waals surface area contributed by atoms with Crippen LogP contribution in [-0.4, -0.2) is 28.0 Å². The Labute approximate surface area is 180 Å². The third-order valence-electron chi connectivity index (χ3n) is 5.97. The van der Waals surface area contributed by atoms with E-state index in [9.17, 15) is 4.79 Å². The van der Waals surface area contributed by atoms with Crippen LogP contribution in [-0.2, 0) is 6.54 Å². The smallest absolute Gasteiger partial charge is 0.254 e. The molecule has 1 fully saturated rings. The molecule has 1 amide bonds. The Balaban J connectivity index is 1.30. The molecular weight excluding hydrogens is 390 g/mol. The lowest BCUT2D eigenvalue weighted by Crippen LogP contribution is -2.25. The summed E-state index contributed by atoms with van der Waals surface area (Å²) >= 11 is 0. The molecule has 2 aromatic heterocycles. The van der Waals surface area contributed by atoms with Gasteiger partial charge in [-0.3, -0.25) is 4.79 Å². The van der Waals surface area contributed by atoms with Gasteiger partial charge < -0.3 is 13.8 Å². The molecule has 31 heavy (non-hydrogen) atoms. The molecule has 0 aliphatic heterocycles. The highest BCUT2D eigenvalue weighted by Gasteiger charge is 2.22. The predicted molar refractivity (Wildman–Crippen MR) is 118 cm³/mol. The summed E-state index contributed by atoms with van der Waals surface area (Å²) in [5.41, 5.74) is 3.79. The molecule has 1 aliphatic carbocycles. The first kappa shape index (κ1) is 19.5. The van der Waals surface area contributed by atoms with E-state index in [4.69, 9.17) is 8.94 Å². The van der Waals surface area contributed by atoms with Gasteiger partial charge in [-0.2, -0.15) is 0 Å². The van der Waals surface area contributed by atoms with E-state index in [1.807, 2.05) is 48.5 Å². The van der Waals surface area contributed by atoms with Gasteiger partial charge in [0.2, 0.25) is 0 Å². The Morgan fingerprint density at radius 1 is 1.06 bits per heavy atom. The molecule has 5 rings (SSSR count). The lowest BCUT2D eigenvalue weighted by Gasteiger charge is -2.17. The fourth-order valence-corrected chi connectivity index (χ4v) is 4.26. The standard InChI is InChI=1S/C25H25N3O3/c1-28(16-20-15-22(27-31-20)17-8-4-2-5-9-17)25(29)19-12-13-21-23(14-19)30-24(26-21)18-10-6-3-7-11-18/h2,4-5,8-9,12-15,18H,3,6-7,10-11,16H2,1H3. The maximum absolute atomic E-state index is 13.0. The van der Waals surface area contributed by atoms with Crippen LogP contribution in [0.5, 0.6) is 0 Å². The summed E-state index contributed by atoms with van der Waals surface area (Å²) in [4.78, 5) is 19.3. The van der Waals surface area contributed by atoms with Crippen molar-refractivity contribution in [2.24, 2.45) is 0 Å². The van der Waals surface area contributed by atoms with Gasteiger partial charge in [-0.15, -0.1) is 0 Å². The first-order valence-corrected chi connectivity index (χ1v) is 10.8. The maximum atomic E-state index is 13.0. The molecule has 0 bridgehead atoms. The minimum absolute atomic E-state index is 0.102. The number of hydrogen-bond donors (Lipinski definition) is 0. The zero-order valence-electron chi connectivity index (χ0n) is 17.6. The SMILES string of the molecule is CN(Cc1cc(-c2ccccc2)no1)C(=O)c1ccc2nc(C3CCCCC3)oc2c1. The number of rotatable bonds is 5. The van der Waals surface area contributed by atoms with Crippen LogP contribution in [0.25, 0.3) is 22.4 Å². The Hall–Kier alpha value is -3.41. The lowest BCUT2D eigenvalue weighted by molar-refractivity contribution is 0.0772. The number of hydrogen-bond acceptors (Lipinski definition) is 5. The second kappa shape index (κ2) is 8.38. The van der Waals surface area contributed by atoms with Gasteiger partial charge in [0.1, 0.15) is 11.2 Å². The Bertz CT molecular complexity index is 1190. The van der Waals surface area contributed by atoms with Crippen LogP contribution in [0.3, 0.4) is 0 Å². The quantitative estimate of drug-likeness (QED) is 0.412. The zero-order chi connectivity index (χ0) is 21.2. The van der Waals surface area contributed by atoms with Crippen LogP contribution in [0.2, 0.25) is 0 Å². The molecule has 0 N–H and O–H groups in total. The second-order valence-electron chi connectivity index (χ2n) is 8.28. The normalized spacial score (nSPS) is 14.7. The highest BCUT2D eigenvalue weighted by molar-refractivity contribution is 5.96. The van der Waals surface area contributed by atoms with Gasteiger partial charge >= 0.3 is 0 Å². The van der Waals surface area contributed by atoms with Gasteiger partial charge in [0.25, 0.3) is 5.91 Å². The van der Waals surface area contributed by atoms with Crippen LogP contribution >= 0.6 is 0 Å². The van der Waals surface area contributed by atoms with Crippen molar-refractivity contribution in [2.45, 2.75) is 44.6 Å². The summed E-state index contributed by atoms with van der Waals surface area (Å²) in [6, 6.07) is 17.2. The van der Waals surface area contributed by atoms with Crippen molar-refractivity contribution in [1.29, 1.82) is 0 Å². The first-order chi connectivity index (χ1) is 15.2. The summed E-state index contributed by atoms with van der Waals surface area (Å²) in [5.74, 6) is 1.74. The van der Waals surface area contributed by atoms with E-state index >= 15 is 0 Å². The van der Waals surface area contributed by atoms with E-state index in [1.54, 1.807) is 18.0 Å². The molecule has 0 unspecified atom stereocenters. The van der Waals surface area contributed by atoms with Gasteiger partial charge in [-0.1, -0.05) is 54.8 Å². The van der Waals surface area contributed by atoms with E-state index in [2.05, 4.69) is 10.1 Å². The van der Waals surface area contributed by atoms with Crippen molar-refractivity contribution in [3.05, 3.63) is 71.8 Å². The first-order valence-electron chi connectivity index (χ1n) is 10.8. The number of benzene rings is 2. The van der Waals surface area contributed by atoms with E-state index in [1.165, 1.54) is 19.3 Å². The molecule has 0 spiro atoms. The summed E-state index contributed by atoms with van der Waals surface area (Å²) < 4.78 is 11.5. The fourth-order valence-electron chi connectivity index (χ4n) is 4.26. The number of aromatic nitrogens is 2. The second-order valence-corrected chi connectivity index (χ2v) is 8.28. The summed E-state index contributed by atoms with van der Waals surface area (Å²) in [7, 11) is 1.76. The van der Waals surface area contributed by atoms with E-state index in [0.717, 1.165) is 35.5 Å². The number of fused-ring (bicyclic) bond motifs is 1. The average Bonchev–Trinajstić information content (AvgIpc) is 3.46. The van der Waals surface area contributed by atoms with E-state index in [-0.39, 0.29) is 5.91 Å². The Morgan fingerprint density at radius 3 is 2.68 bits per heavy atom. The maximum Gasteiger partial charge on any atom is 0.254 e. The topological polar surface area (TPSA) is 72.4 Å². The fraction of sp³-hybridized carbons (Fsp3) is 0.320. The monoisotopic (exact) mass is 415 g/mol. The third kappa shape index (κ3) is 4.10. The highest BCUT2D eigenvalue weighted by atomic mass is 16.5. The highest BCUT2D eigenvalue weighted by Crippen LogP contribution is 2.34. The number of carbonyl (C=O) groups excluding carboxylic acids is 1. The molecule has 4 aromatic rings. The van der Waals surface area contributed by atoms with Crippen molar-refractivity contribution < 1.29 is 13.7 Å². The average molecular weight is 415 g/mol. The minimum atomic E-state index is -0.102. The molecule has 158 valence electrons. The van der Waals surface area contributed by atoms with Crippen molar-refractivity contribution >= 4 is 17.0 Å². The molecule has 6 heteroatoms. The van der Waals surface area contributed by atoms with Gasteiger partial charge in [0.15, 0.2) is 17.2 Å². The van der Waals surface area contributed by atoms with Crippen molar-refractivity contribution in [3.8, 4) is 11.3 Å². The number of carbonyl (C=O) groups is 1. The van der Waals surface area contributed by atoms with Crippen LogP contribution < -0.4 is 0 Å². The summed E-state index contributed by atoms with van der Waals surface area (Å²) in [6.45, 7) is 0.334. The molecular formula is C25H25N3O3. The molecule has 0 atom stereocenters. The van der Waals surface area contributed by atoms with Gasteiger partial charge in [0.05, 0.1) is 6.54 Å². The Morgan fingerprint density at radius 2 is 1.87 bits per heavy atom. The number of oxazole rings is 1. The predicted octanol–water partition coefficient (Wildman–Crippen LogP) is 5.80. The van der Waals surface area contributed by atoms with Crippen LogP contribution in [0.4, 0.5) is 0 Å². The lowest BCUT2D eigenvalue weighted by atomic mass is 9.89. The largest absolute Gasteiger partial charge is 0.440 e. The minimum Gasteiger partial charge on any atom is -0.440 e. The molecule has 1 aliphatic rings. The summed E-state index contributed by atoms with van der Waals surface area (Å²) in [6.07, 6.45) is 6.00. The molecule has 6 nitrogen and oxygen atoms in total. The van der Waals surface area contributed by atoms with Crippen LogP contribution in [0.15, 0.2) is 63.5 Å². The van der Waals surface area contributed by atoms with Crippen molar-refractivity contribution in [1.82, 2.24) is 15.0 Å². The molecule has 0 saturated heterocycles. The Kier molecular flexibility index (Phi) is 5.28. The van der Waals surface area contributed by atoms with Crippen molar-refractivity contribution in [3.63, 3.8) is 0 Å². The van der Waals surface area contributed by atoms with Gasteiger partial charge in [-0.25, -0.2) is 4.98 Å². The molecule has 0 radical (unpaired) electrons. The van der Waals surface area contributed by atoms with Crippen LogP contribution in [0, 0.1) is 0 Å². The van der Waals surface area contributed by atoms with E-state index < -0.39 is 0 Å². The molecule has 2 heterocycles. The summed E-state index contributed by atoms with van der Waals surface area (Å²) in [5, 5.41) is 4.12. The molecule has 2 aromatic carbocycles. The number of nitrogens with zero attached hydrogens (tertiary/aromatic N) is 3. The van der Waals surface area contributed by atoms with Crippen LogP contribution in [0.1, 0.15) is 60.0 Å². The van der Waals surface area contributed by atoms with Gasteiger partial charge in [0, 0.05) is 30.2 Å². The zero-order valence-corrected chi connectivity index (χ0v) is 17.6. The number of amides is 1. The van der Waals surface area contributed by atoms with E-state index in [0.29, 0.717) is 29.4 Å². The van der Waals surface area contributed by atoms with Crippen molar-refractivity contribution in [2.75, 3.05) is 7.05 Å². The third-order valence-corrected chi connectivity index (χ3v) is 5.97. The molecule has 1 saturated carbocycles. The van der Waals surface area contributed by atoms with Gasteiger partial charge in [-0.05, 0) is 31.0 Å².